The number of hydrogen-bond acceptors (Lipinski definition) is 4. The molecule has 1 saturated heterocycles. The molecule has 1 aliphatic rings. The first-order valence-corrected chi connectivity index (χ1v) is 10.6. The second-order valence-corrected chi connectivity index (χ2v) is 7.82. The minimum absolute atomic E-state index is 0.0180. The van der Waals surface area contributed by atoms with Gasteiger partial charge in [-0.15, -0.1) is 0 Å². The Bertz CT molecular complexity index is 741. The number of esters is 1. The summed E-state index contributed by atoms with van der Waals surface area (Å²) in [6.45, 7) is 8.02. The molecule has 1 aromatic carbocycles. The Morgan fingerprint density at radius 1 is 1.31 bits per heavy atom. The summed E-state index contributed by atoms with van der Waals surface area (Å²) >= 11 is 5.99. The second-order valence-electron chi connectivity index (χ2n) is 7.39. The first-order chi connectivity index (χ1) is 13.8. The van der Waals surface area contributed by atoms with Crippen molar-refractivity contribution in [3.8, 4) is 0 Å². The van der Waals surface area contributed by atoms with Gasteiger partial charge in [0.05, 0.1) is 19.7 Å². The minimum Gasteiger partial charge on any atom is -0.466 e. The zero-order chi connectivity index (χ0) is 21.4. The van der Waals surface area contributed by atoms with E-state index in [9.17, 15) is 14.4 Å². The molecular formula is C21H31ClN3O4+. The number of likely N-dealkylation sites (N-methyl/N-ethyl adjacent to an activating group) is 1. The van der Waals surface area contributed by atoms with Crippen molar-refractivity contribution < 1.29 is 24.0 Å². The number of rotatable bonds is 8. The van der Waals surface area contributed by atoms with Crippen molar-refractivity contribution in [2.45, 2.75) is 33.6 Å². The molecule has 1 aromatic rings. The van der Waals surface area contributed by atoms with Crippen LogP contribution in [0.5, 0.6) is 0 Å². The Morgan fingerprint density at radius 3 is 2.76 bits per heavy atom. The van der Waals surface area contributed by atoms with E-state index < -0.39 is 0 Å². The summed E-state index contributed by atoms with van der Waals surface area (Å²) in [7, 11) is 0. The van der Waals surface area contributed by atoms with Crippen LogP contribution in [0.2, 0.25) is 5.02 Å². The Balaban J connectivity index is 1.90. The van der Waals surface area contributed by atoms with Gasteiger partial charge in [-0.3, -0.25) is 14.4 Å². The number of piperidine rings is 1. The van der Waals surface area contributed by atoms with E-state index in [1.807, 2.05) is 19.9 Å². The van der Waals surface area contributed by atoms with E-state index in [-0.39, 0.29) is 36.8 Å². The van der Waals surface area contributed by atoms with Crippen molar-refractivity contribution in [1.82, 2.24) is 4.90 Å². The lowest BCUT2D eigenvalue weighted by Gasteiger charge is -2.30. The molecule has 1 aliphatic heterocycles. The molecule has 2 amide bonds. The number of amides is 2. The van der Waals surface area contributed by atoms with Crippen LogP contribution in [-0.2, 0) is 19.1 Å². The molecule has 160 valence electrons. The number of nitrogens with one attached hydrogen (secondary N) is 2. The largest absolute Gasteiger partial charge is 0.466 e. The highest BCUT2D eigenvalue weighted by molar-refractivity contribution is 6.31. The summed E-state index contributed by atoms with van der Waals surface area (Å²) < 4.78 is 5.12. The number of likely N-dealkylation sites (tertiary alicyclic amines) is 1. The maximum Gasteiger partial charge on any atom is 0.314 e. The second kappa shape index (κ2) is 11.2. The zero-order valence-corrected chi connectivity index (χ0v) is 18.2. The van der Waals surface area contributed by atoms with E-state index in [0.717, 1.165) is 29.8 Å². The van der Waals surface area contributed by atoms with Crippen LogP contribution in [0.3, 0.4) is 0 Å². The number of aryl methyl sites for hydroxylation is 1. The van der Waals surface area contributed by atoms with Gasteiger partial charge in [-0.2, -0.15) is 0 Å². The molecule has 0 aliphatic carbocycles. The Kier molecular flexibility index (Phi) is 8.92. The van der Waals surface area contributed by atoms with Crippen molar-refractivity contribution in [3.05, 3.63) is 28.8 Å². The molecule has 0 aromatic heterocycles. The fourth-order valence-electron chi connectivity index (χ4n) is 3.57. The number of carbonyl (C=O) groups excluding carboxylic acids is 3. The fourth-order valence-corrected chi connectivity index (χ4v) is 3.74. The maximum atomic E-state index is 12.7. The Morgan fingerprint density at radius 2 is 2.07 bits per heavy atom. The smallest absolute Gasteiger partial charge is 0.314 e. The van der Waals surface area contributed by atoms with Gasteiger partial charge in [-0.05, 0) is 51.3 Å². The van der Waals surface area contributed by atoms with Crippen molar-refractivity contribution in [1.29, 1.82) is 0 Å². The van der Waals surface area contributed by atoms with Gasteiger partial charge in [0.1, 0.15) is 12.5 Å². The lowest BCUT2D eigenvalue weighted by molar-refractivity contribution is -0.899. The van der Waals surface area contributed by atoms with E-state index >= 15 is 0 Å². The summed E-state index contributed by atoms with van der Waals surface area (Å²) in [6, 6.07) is 5.29. The molecule has 0 bridgehead atoms. The standard InChI is InChI=1S/C21H30ClN3O4/c1-4-25(13-19(26)23-18-11-17(22)9-8-15(18)3)20(27)14-24-10-6-7-16(12-24)21(28)29-5-2/h8-9,11,16H,4-7,10,12-14H2,1-3H3,(H,23,26)/p+1/t16-/m0/s1. The van der Waals surface area contributed by atoms with Gasteiger partial charge in [0.15, 0.2) is 6.54 Å². The number of hydrogen-bond donors (Lipinski definition) is 2. The van der Waals surface area contributed by atoms with Crippen molar-refractivity contribution in [2.75, 3.05) is 44.6 Å². The van der Waals surface area contributed by atoms with Crippen LogP contribution in [-0.4, -0.2) is 62.0 Å². The van der Waals surface area contributed by atoms with Crippen LogP contribution in [0.4, 0.5) is 5.69 Å². The number of anilines is 1. The third-order valence-corrected chi connectivity index (χ3v) is 5.42. The van der Waals surface area contributed by atoms with Gasteiger partial charge in [0.25, 0.3) is 5.91 Å². The van der Waals surface area contributed by atoms with Gasteiger partial charge >= 0.3 is 5.97 Å². The fraction of sp³-hybridized carbons (Fsp3) is 0.571. The minimum atomic E-state index is -0.261. The van der Waals surface area contributed by atoms with E-state index in [4.69, 9.17) is 16.3 Å². The molecule has 0 saturated carbocycles. The van der Waals surface area contributed by atoms with E-state index in [0.29, 0.717) is 30.4 Å². The maximum absolute atomic E-state index is 12.7. The van der Waals surface area contributed by atoms with Crippen LogP contribution in [0.15, 0.2) is 18.2 Å². The summed E-state index contributed by atoms with van der Waals surface area (Å²) in [5.41, 5.74) is 1.55. The topological polar surface area (TPSA) is 80.2 Å². The van der Waals surface area contributed by atoms with Gasteiger partial charge < -0.3 is 19.9 Å². The molecule has 1 unspecified atom stereocenters. The van der Waals surface area contributed by atoms with Gasteiger partial charge in [0, 0.05) is 17.3 Å². The summed E-state index contributed by atoms with van der Waals surface area (Å²) in [5.74, 6) is -0.690. The molecule has 0 spiro atoms. The zero-order valence-electron chi connectivity index (χ0n) is 17.4. The van der Waals surface area contributed by atoms with Crippen LogP contribution >= 0.6 is 11.6 Å². The number of benzene rings is 1. The number of quaternary nitrogens is 1. The molecular weight excluding hydrogens is 394 g/mol. The molecule has 8 heteroatoms. The Labute approximate surface area is 177 Å². The van der Waals surface area contributed by atoms with E-state index in [2.05, 4.69) is 5.32 Å². The number of carbonyl (C=O) groups is 3. The third-order valence-electron chi connectivity index (χ3n) is 5.18. The quantitative estimate of drug-likeness (QED) is 0.616. The highest BCUT2D eigenvalue weighted by Gasteiger charge is 2.31. The van der Waals surface area contributed by atoms with E-state index in [1.54, 1.807) is 19.1 Å². The predicted molar refractivity (Wildman–Crippen MR) is 112 cm³/mol. The molecule has 7 nitrogen and oxygen atoms in total. The predicted octanol–water partition coefficient (Wildman–Crippen LogP) is 1.29. The first kappa shape index (κ1) is 23.2. The molecule has 0 radical (unpaired) electrons. The summed E-state index contributed by atoms with van der Waals surface area (Å²) in [5, 5.41) is 3.37. The highest BCUT2D eigenvalue weighted by Crippen LogP contribution is 2.20. The molecule has 2 atom stereocenters. The lowest BCUT2D eigenvalue weighted by Crippen LogP contribution is -3.14. The van der Waals surface area contributed by atoms with Gasteiger partial charge in [-0.25, -0.2) is 0 Å². The number of ether oxygens (including phenoxy) is 1. The van der Waals surface area contributed by atoms with Gasteiger partial charge in [0.2, 0.25) is 5.91 Å². The van der Waals surface area contributed by atoms with Crippen molar-refractivity contribution in [2.24, 2.45) is 5.92 Å². The van der Waals surface area contributed by atoms with Crippen molar-refractivity contribution in [3.63, 3.8) is 0 Å². The number of nitrogens with zero attached hydrogens (tertiary/aromatic N) is 1. The third kappa shape index (κ3) is 7.01. The van der Waals surface area contributed by atoms with Crippen LogP contribution in [0.25, 0.3) is 0 Å². The average Bonchev–Trinajstić information content (AvgIpc) is 2.69. The lowest BCUT2D eigenvalue weighted by atomic mass is 9.98. The average molecular weight is 425 g/mol. The summed E-state index contributed by atoms with van der Waals surface area (Å²) in [4.78, 5) is 39.8. The Hall–Kier alpha value is -2.12. The SMILES string of the molecule is CCOC(=O)[C@H]1CCC[NH+](CC(=O)N(CC)CC(=O)Nc2cc(Cl)ccc2C)C1. The molecule has 2 rings (SSSR count). The normalized spacial score (nSPS) is 18.8. The molecule has 2 N–H and O–H groups in total. The molecule has 1 heterocycles. The van der Waals surface area contributed by atoms with Crippen LogP contribution in [0.1, 0.15) is 32.3 Å². The first-order valence-electron chi connectivity index (χ1n) is 10.2. The van der Waals surface area contributed by atoms with Crippen LogP contribution in [0, 0.1) is 12.8 Å². The number of halogens is 1. The molecule has 1 fully saturated rings. The monoisotopic (exact) mass is 424 g/mol. The van der Waals surface area contributed by atoms with Gasteiger partial charge in [-0.1, -0.05) is 17.7 Å². The highest BCUT2D eigenvalue weighted by atomic mass is 35.5. The summed E-state index contributed by atoms with van der Waals surface area (Å²) in [6.07, 6.45) is 1.68. The van der Waals surface area contributed by atoms with Crippen LogP contribution < -0.4 is 10.2 Å². The molecule has 29 heavy (non-hydrogen) atoms. The van der Waals surface area contributed by atoms with E-state index in [1.165, 1.54) is 4.90 Å². The van der Waals surface area contributed by atoms with Crippen molar-refractivity contribution >= 4 is 35.1 Å².